The number of carbonyl (C=O) groups is 2. The zero-order valence-corrected chi connectivity index (χ0v) is 24.0. The van der Waals surface area contributed by atoms with E-state index in [1.54, 1.807) is 19.1 Å². The number of aliphatic hydroxyl groups excluding tert-OH is 1. The highest BCUT2D eigenvalue weighted by Crippen LogP contribution is 2.47. The number of primary amides is 1. The van der Waals surface area contributed by atoms with E-state index in [9.17, 15) is 41.0 Å². The average Bonchev–Trinajstić information content (AvgIpc) is 3.52. The fraction of sp³-hybridized carbons (Fsp3) is 0.433. The van der Waals surface area contributed by atoms with Gasteiger partial charge in [-0.1, -0.05) is 0 Å². The van der Waals surface area contributed by atoms with Crippen LogP contribution in [0, 0.1) is 0 Å². The maximum absolute atomic E-state index is 14.0. The number of aromatic nitrogens is 2. The van der Waals surface area contributed by atoms with Crippen molar-refractivity contribution < 1.29 is 45.8 Å². The van der Waals surface area contributed by atoms with Gasteiger partial charge in [0.2, 0.25) is 5.91 Å². The number of nitrogens with zero attached hydrogens (tertiary/aromatic N) is 3. The molecular weight excluding hydrogens is 594 g/mol. The highest BCUT2D eigenvalue weighted by Gasteiger charge is 2.56. The van der Waals surface area contributed by atoms with Crippen LogP contribution in [0.2, 0.25) is 0 Å². The van der Waals surface area contributed by atoms with Crippen LogP contribution in [0.1, 0.15) is 64.7 Å². The van der Waals surface area contributed by atoms with Crippen molar-refractivity contribution in [2.45, 2.75) is 69.6 Å². The third kappa shape index (κ3) is 5.39. The molecule has 44 heavy (non-hydrogen) atoms. The lowest BCUT2D eigenvalue weighted by Gasteiger charge is -2.40. The van der Waals surface area contributed by atoms with Crippen LogP contribution in [0.25, 0.3) is 22.4 Å². The molecule has 1 fully saturated rings. The molecule has 3 atom stereocenters. The van der Waals surface area contributed by atoms with Gasteiger partial charge in [0.05, 0.1) is 30.3 Å². The van der Waals surface area contributed by atoms with E-state index >= 15 is 0 Å². The van der Waals surface area contributed by atoms with Crippen molar-refractivity contribution in [3.8, 4) is 28.1 Å². The number of hydrogen-bond donors (Lipinski definition) is 2. The predicted octanol–water partition coefficient (Wildman–Crippen LogP) is 5.46. The standard InChI is InChI=1S/C30H30F6N4O4/c1-15-7-16-10-23(44-3)20(18-8-19(25(37)41)14-38-13-18)11-21(16)24-17(12-29(31,32)33)9-22(40(15)24)26(42)39-6-4-5-28(39,2)27(43)30(34,35)36/h8-11,13-15,27,43H,4-7,12H2,1-3H3,(H2,37,41)/t15-,27+,28-/m1/s1. The molecular formula is C30H30F6N4O4. The first-order chi connectivity index (χ1) is 20.5. The first-order valence-electron chi connectivity index (χ1n) is 13.8. The van der Waals surface area contributed by atoms with Gasteiger partial charge in [-0.05, 0) is 68.5 Å². The Morgan fingerprint density at radius 2 is 1.84 bits per heavy atom. The van der Waals surface area contributed by atoms with E-state index in [4.69, 9.17) is 10.5 Å². The van der Waals surface area contributed by atoms with Gasteiger partial charge >= 0.3 is 12.4 Å². The molecule has 0 saturated carbocycles. The molecule has 0 bridgehead atoms. The molecule has 0 unspecified atom stereocenters. The molecule has 236 valence electrons. The topological polar surface area (TPSA) is 111 Å². The number of fused-ring (bicyclic) bond motifs is 3. The number of benzene rings is 1. The molecule has 2 aromatic heterocycles. The van der Waals surface area contributed by atoms with E-state index in [2.05, 4.69) is 4.98 Å². The number of likely N-dealkylation sites (tertiary alicyclic amines) is 1. The van der Waals surface area contributed by atoms with Crippen molar-refractivity contribution in [2.24, 2.45) is 5.73 Å². The first kappa shape index (κ1) is 31.4. The Kier molecular flexibility index (Phi) is 7.71. The van der Waals surface area contributed by atoms with Gasteiger partial charge in [-0.15, -0.1) is 0 Å². The maximum Gasteiger partial charge on any atom is 0.416 e. The SMILES string of the molecule is COc1cc2c(cc1-c1cncc(C(N)=O)c1)-c1c(CC(F)(F)F)cc(C(=O)N3CCC[C@]3(C)[C@H](O)C(F)(F)F)n1[C@H](C)C2. The Bertz CT molecular complexity index is 1630. The van der Waals surface area contributed by atoms with Crippen LogP contribution in [0.4, 0.5) is 26.3 Å². The number of amides is 2. The van der Waals surface area contributed by atoms with Gasteiger partial charge < -0.3 is 25.0 Å². The molecule has 1 aromatic carbocycles. The van der Waals surface area contributed by atoms with E-state index in [0.717, 1.165) is 17.9 Å². The third-order valence-corrected chi connectivity index (χ3v) is 8.52. The number of pyridine rings is 1. The summed E-state index contributed by atoms with van der Waals surface area (Å²) in [5.74, 6) is -1.27. The molecule has 1 saturated heterocycles. The minimum atomic E-state index is -5.01. The normalized spacial score (nSPS) is 20.7. The van der Waals surface area contributed by atoms with Crippen molar-refractivity contribution in [1.82, 2.24) is 14.5 Å². The van der Waals surface area contributed by atoms with Gasteiger partial charge in [-0.3, -0.25) is 14.6 Å². The second-order valence-electron chi connectivity index (χ2n) is 11.5. The highest BCUT2D eigenvalue weighted by atomic mass is 19.4. The third-order valence-electron chi connectivity index (χ3n) is 8.52. The van der Waals surface area contributed by atoms with E-state index in [1.807, 2.05) is 0 Å². The second-order valence-corrected chi connectivity index (χ2v) is 11.5. The number of carbonyl (C=O) groups excluding carboxylic acids is 2. The van der Waals surface area contributed by atoms with Gasteiger partial charge in [-0.2, -0.15) is 26.3 Å². The molecule has 8 nitrogen and oxygen atoms in total. The van der Waals surface area contributed by atoms with Crippen molar-refractivity contribution in [3.05, 3.63) is 59.0 Å². The van der Waals surface area contributed by atoms with Gasteiger partial charge in [0, 0.05) is 41.7 Å². The number of rotatable bonds is 6. The number of ether oxygens (including phenoxy) is 1. The Morgan fingerprint density at radius 1 is 1.14 bits per heavy atom. The summed E-state index contributed by atoms with van der Waals surface area (Å²) in [5, 5.41) is 10.2. The monoisotopic (exact) mass is 624 g/mol. The molecule has 2 aliphatic heterocycles. The van der Waals surface area contributed by atoms with E-state index in [-0.39, 0.29) is 48.3 Å². The van der Waals surface area contributed by atoms with Crippen molar-refractivity contribution in [1.29, 1.82) is 0 Å². The smallest absolute Gasteiger partial charge is 0.416 e. The van der Waals surface area contributed by atoms with Crippen LogP contribution in [0.3, 0.4) is 0 Å². The summed E-state index contributed by atoms with van der Waals surface area (Å²) in [4.78, 5) is 30.7. The fourth-order valence-electron chi connectivity index (χ4n) is 6.49. The van der Waals surface area contributed by atoms with Crippen LogP contribution >= 0.6 is 0 Å². The highest BCUT2D eigenvalue weighted by molar-refractivity contribution is 5.97. The minimum absolute atomic E-state index is 0.0969. The lowest BCUT2D eigenvalue weighted by molar-refractivity contribution is -0.232. The van der Waals surface area contributed by atoms with E-state index in [0.29, 0.717) is 28.0 Å². The summed E-state index contributed by atoms with van der Waals surface area (Å²) < 4.78 is 89.6. The number of alkyl halides is 6. The second kappa shape index (κ2) is 10.8. The van der Waals surface area contributed by atoms with Crippen molar-refractivity contribution in [3.63, 3.8) is 0 Å². The first-order valence-corrected chi connectivity index (χ1v) is 13.8. The number of aliphatic hydroxyl groups is 1. The summed E-state index contributed by atoms with van der Waals surface area (Å²) in [5.41, 5.74) is 4.96. The molecule has 0 aliphatic carbocycles. The molecule has 2 aliphatic rings. The zero-order valence-electron chi connectivity index (χ0n) is 24.0. The molecule has 2 amide bonds. The molecule has 0 spiro atoms. The number of hydrogen-bond acceptors (Lipinski definition) is 5. The molecule has 0 radical (unpaired) electrons. The number of halogens is 6. The Hall–Kier alpha value is -4.07. The minimum Gasteiger partial charge on any atom is -0.496 e. The predicted molar refractivity (Wildman–Crippen MR) is 147 cm³/mol. The fourth-order valence-corrected chi connectivity index (χ4v) is 6.49. The summed E-state index contributed by atoms with van der Waals surface area (Å²) in [7, 11) is 1.42. The van der Waals surface area contributed by atoms with Gasteiger partial charge in [-0.25, -0.2) is 0 Å². The maximum atomic E-state index is 14.0. The Labute approximate surface area is 248 Å². The summed E-state index contributed by atoms with van der Waals surface area (Å²) in [6.45, 7) is 2.74. The molecule has 3 N–H and O–H groups in total. The quantitative estimate of drug-likeness (QED) is 0.354. The Balaban J connectivity index is 1.71. The average molecular weight is 625 g/mol. The Morgan fingerprint density at radius 3 is 2.45 bits per heavy atom. The molecule has 5 rings (SSSR count). The number of nitrogens with two attached hydrogens (primary N) is 1. The van der Waals surface area contributed by atoms with Crippen molar-refractivity contribution >= 4 is 11.8 Å². The molecule has 4 heterocycles. The number of methoxy groups -OCH3 is 1. The van der Waals surface area contributed by atoms with Crippen molar-refractivity contribution in [2.75, 3.05) is 13.7 Å². The van der Waals surface area contributed by atoms with Crippen LogP contribution in [0.5, 0.6) is 5.75 Å². The van der Waals surface area contributed by atoms with E-state index < -0.39 is 48.3 Å². The van der Waals surface area contributed by atoms with Gasteiger partial charge in [0.1, 0.15) is 11.4 Å². The van der Waals surface area contributed by atoms with Crippen LogP contribution in [-0.2, 0) is 12.8 Å². The molecule has 3 aromatic rings. The van der Waals surface area contributed by atoms with E-state index in [1.165, 1.54) is 30.1 Å². The lowest BCUT2D eigenvalue weighted by atomic mass is 9.88. The van der Waals surface area contributed by atoms with Crippen LogP contribution in [0.15, 0.2) is 36.7 Å². The zero-order chi connectivity index (χ0) is 32.4. The summed E-state index contributed by atoms with van der Waals surface area (Å²) >= 11 is 0. The van der Waals surface area contributed by atoms with Gasteiger partial charge in [0.15, 0.2) is 6.10 Å². The van der Waals surface area contributed by atoms with Gasteiger partial charge in [0.25, 0.3) is 5.91 Å². The summed E-state index contributed by atoms with van der Waals surface area (Å²) in [6.07, 6.45) is -10.9. The summed E-state index contributed by atoms with van der Waals surface area (Å²) in [6, 6.07) is 5.26. The van der Waals surface area contributed by atoms with Crippen LogP contribution < -0.4 is 10.5 Å². The largest absolute Gasteiger partial charge is 0.496 e. The molecule has 14 heteroatoms. The van der Waals surface area contributed by atoms with Crippen LogP contribution in [-0.4, -0.2) is 69.0 Å². The lowest BCUT2D eigenvalue weighted by Crippen LogP contribution is -2.58.